The van der Waals surface area contributed by atoms with Gasteiger partial charge in [0.25, 0.3) is 0 Å². The molecule has 0 aliphatic heterocycles. The Balaban J connectivity index is 2.95. The van der Waals surface area contributed by atoms with Gasteiger partial charge in [-0.1, -0.05) is 136 Å². The Kier molecular flexibility index (Phi) is 25.7. The van der Waals surface area contributed by atoms with E-state index in [9.17, 15) is 0 Å². The van der Waals surface area contributed by atoms with Crippen LogP contribution >= 0.6 is 11.8 Å². The zero-order valence-electron chi connectivity index (χ0n) is 18.7. The van der Waals surface area contributed by atoms with Crippen molar-refractivity contribution in [3.63, 3.8) is 0 Å². The Morgan fingerprint density at radius 2 is 0.538 bits per heavy atom. The second kappa shape index (κ2) is 25.4. The summed E-state index contributed by atoms with van der Waals surface area (Å²) in [4.78, 5) is 0. The first-order chi connectivity index (χ1) is 12.9. The summed E-state index contributed by atoms with van der Waals surface area (Å²) >= 11 is 2.18. The van der Waals surface area contributed by atoms with Crippen molar-refractivity contribution in [2.75, 3.05) is 11.5 Å². The van der Waals surface area contributed by atoms with Crippen molar-refractivity contribution in [2.45, 2.75) is 149 Å². The van der Waals surface area contributed by atoms with Crippen LogP contribution in [0.2, 0.25) is 0 Å². The molecule has 0 saturated heterocycles. The minimum absolute atomic E-state index is 1.36. The number of hydrogen-bond donors (Lipinski definition) is 0. The highest BCUT2D eigenvalue weighted by atomic mass is 32.2. The molecule has 0 amide bonds. The van der Waals surface area contributed by atoms with Crippen molar-refractivity contribution in [3.05, 3.63) is 0 Å². The molecule has 0 aliphatic carbocycles. The van der Waals surface area contributed by atoms with Gasteiger partial charge in [-0.15, -0.1) is 0 Å². The molecule has 0 unspecified atom stereocenters. The van der Waals surface area contributed by atoms with Crippen LogP contribution in [0.5, 0.6) is 0 Å². The van der Waals surface area contributed by atoms with Crippen LogP contribution in [-0.2, 0) is 0 Å². The van der Waals surface area contributed by atoms with Crippen LogP contribution in [0.3, 0.4) is 0 Å². The van der Waals surface area contributed by atoms with Crippen molar-refractivity contribution in [3.8, 4) is 0 Å². The van der Waals surface area contributed by atoms with Crippen LogP contribution in [0.25, 0.3) is 0 Å². The third kappa shape index (κ3) is 24.4. The Hall–Kier alpha value is 0.350. The average molecular weight is 385 g/mol. The Labute approximate surface area is 172 Å². The lowest BCUT2D eigenvalue weighted by atomic mass is 10.0. The molecule has 0 nitrogen and oxygen atoms in total. The van der Waals surface area contributed by atoms with Crippen LogP contribution in [0.15, 0.2) is 0 Å². The van der Waals surface area contributed by atoms with Gasteiger partial charge in [-0.05, 0) is 24.3 Å². The highest BCUT2D eigenvalue weighted by Crippen LogP contribution is 2.15. The number of thioether (sulfide) groups is 1. The van der Waals surface area contributed by atoms with Gasteiger partial charge in [0.1, 0.15) is 0 Å². The number of hydrogen-bond acceptors (Lipinski definition) is 1. The largest absolute Gasteiger partial charge is 0.162 e. The molecule has 0 rings (SSSR count). The molecule has 0 aromatic heterocycles. The fourth-order valence-electron chi connectivity index (χ4n) is 3.66. The molecule has 0 aliphatic rings. The molecule has 0 saturated carbocycles. The maximum absolute atomic E-state index is 2.30. The van der Waals surface area contributed by atoms with Gasteiger partial charge >= 0.3 is 0 Å². The molecule has 0 spiro atoms. The van der Waals surface area contributed by atoms with E-state index in [0.717, 1.165) is 0 Å². The van der Waals surface area contributed by atoms with E-state index in [1.54, 1.807) is 0 Å². The summed E-state index contributed by atoms with van der Waals surface area (Å²) in [5.74, 6) is 2.80. The van der Waals surface area contributed by atoms with E-state index < -0.39 is 0 Å². The molecule has 0 bridgehead atoms. The Morgan fingerprint density at radius 1 is 0.308 bits per heavy atom. The van der Waals surface area contributed by atoms with Crippen LogP contribution in [0.1, 0.15) is 149 Å². The van der Waals surface area contributed by atoms with Gasteiger partial charge in [-0.25, -0.2) is 0 Å². The molecule has 0 N–H and O–H groups in total. The van der Waals surface area contributed by atoms with Crippen molar-refractivity contribution >= 4 is 11.8 Å². The predicted octanol–water partition coefficient (Wildman–Crippen LogP) is 9.95. The van der Waals surface area contributed by atoms with Gasteiger partial charge in [-0.2, -0.15) is 11.8 Å². The lowest BCUT2D eigenvalue weighted by molar-refractivity contribution is 0.526. The zero-order chi connectivity index (χ0) is 19.0. The van der Waals surface area contributed by atoms with Gasteiger partial charge in [0.2, 0.25) is 0 Å². The van der Waals surface area contributed by atoms with Gasteiger partial charge in [0.15, 0.2) is 0 Å². The maximum atomic E-state index is 2.30. The van der Waals surface area contributed by atoms with E-state index in [0.29, 0.717) is 0 Å². The van der Waals surface area contributed by atoms with Crippen molar-refractivity contribution in [1.82, 2.24) is 0 Å². The minimum atomic E-state index is 1.36. The van der Waals surface area contributed by atoms with Gasteiger partial charge < -0.3 is 0 Å². The monoisotopic (exact) mass is 384 g/mol. The topological polar surface area (TPSA) is 0 Å². The van der Waals surface area contributed by atoms with Crippen molar-refractivity contribution in [2.24, 2.45) is 0 Å². The van der Waals surface area contributed by atoms with E-state index in [1.165, 1.54) is 146 Å². The summed E-state index contributed by atoms with van der Waals surface area (Å²) in [7, 11) is 0. The first-order valence-electron chi connectivity index (χ1n) is 12.5. The van der Waals surface area contributed by atoms with Gasteiger partial charge in [0.05, 0.1) is 0 Å². The average Bonchev–Trinajstić information content (AvgIpc) is 2.66. The second-order valence-electron chi connectivity index (χ2n) is 8.33. The highest BCUT2D eigenvalue weighted by Gasteiger charge is 1.95. The van der Waals surface area contributed by atoms with Crippen molar-refractivity contribution in [1.29, 1.82) is 0 Å². The molecule has 0 heterocycles. The first kappa shape index (κ1) is 26.4. The molecule has 0 aromatic rings. The van der Waals surface area contributed by atoms with Crippen LogP contribution < -0.4 is 0 Å². The lowest BCUT2D eigenvalue weighted by Crippen LogP contribution is -1.86. The van der Waals surface area contributed by atoms with E-state index in [4.69, 9.17) is 0 Å². The Bertz CT molecular complexity index is 202. The normalized spacial score (nSPS) is 11.3. The number of unbranched alkanes of at least 4 members (excludes halogenated alkanes) is 19. The maximum Gasteiger partial charge on any atom is -0.00675 e. The standard InChI is InChI=1S/C25H52S/c1-3-5-7-8-9-10-11-12-13-14-15-16-17-18-19-20-21-23-25-26-24-22-6-4-2/h3-25H2,1-2H3. The SMILES string of the molecule is CCCCCCCCCCCCCCCCCCCCSCCCCC. The molecule has 26 heavy (non-hydrogen) atoms. The third-order valence-corrected chi connectivity index (χ3v) is 6.69. The van der Waals surface area contributed by atoms with Crippen LogP contribution in [0, 0.1) is 0 Å². The fraction of sp³-hybridized carbons (Fsp3) is 1.00. The highest BCUT2D eigenvalue weighted by molar-refractivity contribution is 7.99. The summed E-state index contributed by atoms with van der Waals surface area (Å²) in [6.07, 6.45) is 30.8. The zero-order valence-corrected chi connectivity index (χ0v) is 19.5. The molecular formula is C25H52S. The molecule has 158 valence electrons. The quantitative estimate of drug-likeness (QED) is 0.158. The smallest absolute Gasteiger partial charge is 0.00675 e. The summed E-state index contributed by atoms with van der Waals surface area (Å²) < 4.78 is 0. The molecule has 1 heteroatoms. The van der Waals surface area contributed by atoms with E-state index >= 15 is 0 Å². The van der Waals surface area contributed by atoms with Crippen LogP contribution in [0.4, 0.5) is 0 Å². The summed E-state index contributed by atoms with van der Waals surface area (Å²) in [6, 6.07) is 0. The third-order valence-electron chi connectivity index (χ3n) is 5.53. The van der Waals surface area contributed by atoms with E-state index in [-0.39, 0.29) is 0 Å². The summed E-state index contributed by atoms with van der Waals surface area (Å²) in [6.45, 7) is 4.60. The summed E-state index contributed by atoms with van der Waals surface area (Å²) in [5, 5.41) is 0. The molecule has 0 aromatic carbocycles. The molecule has 0 atom stereocenters. The molecular weight excluding hydrogens is 332 g/mol. The van der Waals surface area contributed by atoms with E-state index in [2.05, 4.69) is 25.6 Å². The predicted molar refractivity (Wildman–Crippen MR) is 126 cm³/mol. The minimum Gasteiger partial charge on any atom is -0.162 e. The van der Waals surface area contributed by atoms with Crippen molar-refractivity contribution < 1.29 is 0 Å². The van der Waals surface area contributed by atoms with Gasteiger partial charge in [0, 0.05) is 0 Å². The van der Waals surface area contributed by atoms with E-state index in [1.807, 2.05) is 0 Å². The first-order valence-corrected chi connectivity index (χ1v) is 13.6. The van der Waals surface area contributed by atoms with Gasteiger partial charge in [-0.3, -0.25) is 0 Å². The second-order valence-corrected chi connectivity index (χ2v) is 9.55. The number of rotatable bonds is 23. The fourth-order valence-corrected chi connectivity index (χ4v) is 4.68. The van der Waals surface area contributed by atoms with Crippen LogP contribution in [-0.4, -0.2) is 11.5 Å². The molecule has 0 fully saturated rings. The Morgan fingerprint density at radius 3 is 0.885 bits per heavy atom. The summed E-state index contributed by atoms with van der Waals surface area (Å²) in [5.41, 5.74) is 0. The molecule has 0 radical (unpaired) electrons. The lowest BCUT2D eigenvalue weighted by Gasteiger charge is -2.04.